The Labute approximate surface area is 293 Å². The highest BCUT2D eigenvalue weighted by molar-refractivity contribution is 7.14. The van der Waals surface area contributed by atoms with Crippen LogP contribution in [0.1, 0.15) is 91.9 Å². The smallest absolute Gasteiger partial charge is 0.253 e. The van der Waals surface area contributed by atoms with Crippen LogP contribution in [0.4, 0.5) is 10.9 Å². The van der Waals surface area contributed by atoms with Crippen LogP contribution < -0.4 is 16.0 Å². The van der Waals surface area contributed by atoms with Gasteiger partial charge in [-0.3, -0.25) is 9.59 Å². The Kier molecular flexibility index (Phi) is 23.4. The Morgan fingerprint density at radius 1 is 0.938 bits per heavy atom. The highest BCUT2D eigenvalue weighted by atomic mass is 32.1. The van der Waals surface area contributed by atoms with E-state index in [2.05, 4.69) is 78.7 Å². The summed E-state index contributed by atoms with van der Waals surface area (Å²) in [6.45, 7) is 21.9. The molecule has 0 aliphatic heterocycles. The first-order valence-corrected chi connectivity index (χ1v) is 17.8. The fourth-order valence-electron chi connectivity index (χ4n) is 3.74. The van der Waals surface area contributed by atoms with Crippen LogP contribution in [0.25, 0.3) is 22.4 Å². The number of anilines is 2. The maximum atomic E-state index is 12.3. The normalized spacial score (nSPS) is 10.3. The lowest BCUT2D eigenvalue weighted by Gasteiger charge is -2.11. The first-order chi connectivity index (χ1) is 23.2. The Balaban J connectivity index is 0.00000178. The van der Waals surface area contributed by atoms with E-state index in [0.29, 0.717) is 16.6 Å². The molecular formula is C38H58N6O3S. The van der Waals surface area contributed by atoms with E-state index in [1.807, 2.05) is 71.3 Å². The van der Waals surface area contributed by atoms with Gasteiger partial charge in [-0.25, -0.2) is 9.97 Å². The number of benzene rings is 1. The van der Waals surface area contributed by atoms with Crippen molar-refractivity contribution in [2.24, 2.45) is 18.9 Å². The number of carbonyl (C=O) groups excluding carboxylic acids is 3. The van der Waals surface area contributed by atoms with Crippen LogP contribution in [0, 0.1) is 11.8 Å². The van der Waals surface area contributed by atoms with Gasteiger partial charge in [0.15, 0.2) is 5.13 Å². The molecular weight excluding hydrogens is 621 g/mol. The number of rotatable bonds is 12. The number of aryl methyl sites for hydroxylation is 1. The average Bonchev–Trinajstić information content (AvgIpc) is 3.79. The zero-order chi connectivity index (χ0) is 36.5. The standard InChI is InChI=1S/C28H32N6O2S.C5H12.2C2H6.CH2O/c1-4-19(2)8-11-29-25-15-21(9-12-30-25)20-6-5-7-22(14-20)24-18-37-28(32-24)33-26(35)16-31-27(36)23-10-13-34(3)17-23;1-4-5(2)3;3*1-2/h5-7,9-10,12-15,17-19H,4,8,11,16H2,1-3H3,(H,29,30)(H,31,36)(H,32,33,35);5H,4H2,1-3H3;2*1-2H3;1H2. The molecule has 0 spiro atoms. The molecule has 1 aromatic carbocycles. The molecule has 0 bridgehead atoms. The van der Waals surface area contributed by atoms with E-state index in [0.717, 1.165) is 47.1 Å². The molecule has 1 unspecified atom stereocenters. The molecule has 3 N–H and O–H groups in total. The first kappa shape index (κ1) is 43.7. The quantitative estimate of drug-likeness (QED) is 0.137. The molecule has 0 aliphatic rings. The number of amides is 2. The number of pyridine rings is 1. The number of nitrogens with zero attached hydrogens (tertiary/aromatic N) is 3. The van der Waals surface area contributed by atoms with Crippen molar-refractivity contribution in [2.75, 3.05) is 23.7 Å². The third kappa shape index (κ3) is 16.5. The maximum Gasteiger partial charge on any atom is 0.253 e. The van der Waals surface area contributed by atoms with Gasteiger partial charge in [0.05, 0.1) is 17.8 Å². The molecule has 3 heterocycles. The lowest BCUT2D eigenvalue weighted by Crippen LogP contribution is -2.32. The van der Waals surface area contributed by atoms with Gasteiger partial charge < -0.3 is 25.3 Å². The minimum atomic E-state index is -0.330. The highest BCUT2D eigenvalue weighted by Crippen LogP contribution is 2.29. The summed E-state index contributed by atoms with van der Waals surface area (Å²) < 4.78 is 1.78. The Hall–Kier alpha value is -4.31. The van der Waals surface area contributed by atoms with E-state index >= 15 is 0 Å². The van der Waals surface area contributed by atoms with E-state index in [-0.39, 0.29) is 18.4 Å². The van der Waals surface area contributed by atoms with Gasteiger partial charge in [0.1, 0.15) is 12.6 Å². The lowest BCUT2D eigenvalue weighted by atomic mass is 10.0. The summed E-state index contributed by atoms with van der Waals surface area (Å²) in [7, 11) is 1.83. The zero-order valence-electron chi connectivity index (χ0n) is 30.7. The summed E-state index contributed by atoms with van der Waals surface area (Å²) in [5, 5.41) is 11.2. The topological polar surface area (TPSA) is 118 Å². The van der Waals surface area contributed by atoms with Crippen LogP contribution in [-0.4, -0.2) is 46.2 Å². The number of carbonyl (C=O) groups is 3. The van der Waals surface area contributed by atoms with Crippen molar-refractivity contribution in [3.05, 3.63) is 72.0 Å². The summed E-state index contributed by atoms with van der Waals surface area (Å²) in [6.07, 6.45) is 8.89. The summed E-state index contributed by atoms with van der Waals surface area (Å²) >= 11 is 1.34. The fourth-order valence-corrected chi connectivity index (χ4v) is 4.48. The van der Waals surface area contributed by atoms with Crippen molar-refractivity contribution in [3.63, 3.8) is 0 Å². The van der Waals surface area contributed by atoms with Gasteiger partial charge >= 0.3 is 0 Å². The minimum Gasteiger partial charge on any atom is -0.370 e. The van der Waals surface area contributed by atoms with Crippen molar-refractivity contribution < 1.29 is 14.4 Å². The van der Waals surface area contributed by atoms with Gasteiger partial charge in [-0.15, -0.1) is 11.3 Å². The van der Waals surface area contributed by atoms with E-state index in [9.17, 15) is 9.59 Å². The molecule has 0 saturated heterocycles. The molecule has 0 radical (unpaired) electrons. The predicted molar refractivity (Wildman–Crippen MR) is 205 cm³/mol. The molecule has 10 heteroatoms. The monoisotopic (exact) mass is 678 g/mol. The van der Waals surface area contributed by atoms with Crippen LogP contribution in [0.3, 0.4) is 0 Å². The molecule has 2 amide bonds. The molecule has 48 heavy (non-hydrogen) atoms. The Morgan fingerprint density at radius 2 is 1.58 bits per heavy atom. The number of thiazole rings is 1. The van der Waals surface area contributed by atoms with Crippen LogP contribution in [0.2, 0.25) is 0 Å². The second-order valence-corrected chi connectivity index (χ2v) is 11.7. The van der Waals surface area contributed by atoms with E-state index < -0.39 is 0 Å². The minimum absolute atomic E-state index is 0.131. The highest BCUT2D eigenvalue weighted by Gasteiger charge is 2.12. The van der Waals surface area contributed by atoms with Gasteiger partial charge in [-0.05, 0) is 53.6 Å². The molecule has 0 aliphatic carbocycles. The van der Waals surface area contributed by atoms with Crippen molar-refractivity contribution in [1.29, 1.82) is 0 Å². The number of hydrogen-bond acceptors (Lipinski definition) is 7. The van der Waals surface area contributed by atoms with Crippen molar-refractivity contribution in [3.8, 4) is 22.4 Å². The Bertz CT molecular complexity index is 1450. The average molecular weight is 679 g/mol. The number of nitrogens with one attached hydrogen (secondary N) is 3. The molecule has 9 nitrogen and oxygen atoms in total. The van der Waals surface area contributed by atoms with Gasteiger partial charge in [0.2, 0.25) is 5.91 Å². The van der Waals surface area contributed by atoms with Crippen LogP contribution >= 0.6 is 11.3 Å². The van der Waals surface area contributed by atoms with Gasteiger partial charge in [0, 0.05) is 43.1 Å². The fraction of sp³-hybridized carbons (Fsp3) is 0.447. The summed E-state index contributed by atoms with van der Waals surface area (Å²) in [5.41, 5.74) is 4.37. The summed E-state index contributed by atoms with van der Waals surface area (Å²) in [5.74, 6) is 1.81. The first-order valence-electron chi connectivity index (χ1n) is 16.9. The van der Waals surface area contributed by atoms with E-state index in [1.54, 1.807) is 23.0 Å². The molecule has 1 atom stereocenters. The van der Waals surface area contributed by atoms with Crippen LogP contribution in [0.5, 0.6) is 0 Å². The molecule has 0 fully saturated rings. The Morgan fingerprint density at radius 3 is 2.19 bits per heavy atom. The van der Waals surface area contributed by atoms with E-state index in [4.69, 9.17) is 4.79 Å². The molecule has 4 rings (SSSR count). The number of aromatic nitrogens is 3. The second kappa shape index (κ2) is 25.7. The number of hydrogen-bond donors (Lipinski definition) is 3. The lowest BCUT2D eigenvalue weighted by molar-refractivity contribution is -0.115. The molecule has 4 aromatic rings. The van der Waals surface area contributed by atoms with Gasteiger partial charge in [0.25, 0.3) is 5.91 Å². The van der Waals surface area contributed by atoms with E-state index in [1.165, 1.54) is 24.2 Å². The third-order valence-electron chi connectivity index (χ3n) is 6.96. The second-order valence-electron chi connectivity index (χ2n) is 10.9. The van der Waals surface area contributed by atoms with Gasteiger partial charge in [-0.1, -0.05) is 93.4 Å². The summed E-state index contributed by atoms with van der Waals surface area (Å²) in [4.78, 5) is 41.5. The maximum absolute atomic E-state index is 12.3. The molecule has 0 saturated carbocycles. The largest absolute Gasteiger partial charge is 0.370 e. The van der Waals surface area contributed by atoms with Crippen LogP contribution in [0.15, 0.2) is 66.4 Å². The molecule has 3 aromatic heterocycles. The van der Waals surface area contributed by atoms with Crippen molar-refractivity contribution in [1.82, 2.24) is 19.9 Å². The van der Waals surface area contributed by atoms with Crippen molar-refractivity contribution in [2.45, 2.75) is 81.6 Å². The third-order valence-corrected chi connectivity index (χ3v) is 7.72. The van der Waals surface area contributed by atoms with Gasteiger partial charge in [-0.2, -0.15) is 0 Å². The van der Waals surface area contributed by atoms with Crippen molar-refractivity contribution >= 4 is 40.9 Å². The van der Waals surface area contributed by atoms with Crippen LogP contribution in [-0.2, 0) is 16.6 Å². The predicted octanol–water partition coefficient (Wildman–Crippen LogP) is 9.35. The SMILES string of the molecule is C=O.CC.CC.CCC(C)C.CCC(C)CCNc1cc(-c2cccc(-c3csc(NC(=O)CNC(=O)c4ccn(C)c4)n3)c2)ccn1. The molecule has 264 valence electrons. The zero-order valence-corrected chi connectivity index (χ0v) is 31.5. The summed E-state index contributed by atoms with van der Waals surface area (Å²) in [6, 6.07) is 13.9.